The summed E-state index contributed by atoms with van der Waals surface area (Å²) in [6.45, 7) is 0.0677. The molecule has 6 nitrogen and oxygen atoms in total. The fourth-order valence-electron chi connectivity index (χ4n) is 2.70. The summed E-state index contributed by atoms with van der Waals surface area (Å²) in [5, 5.41) is 0. The van der Waals surface area contributed by atoms with E-state index in [1.54, 1.807) is 18.2 Å². The standard InChI is InChI=1S/C18H17F2N3O3S/c1-23(11-12-6-7-13(19)10-15(12)20)17(24)8-9-21-18-14-4-2-3-5-16(14)27(25,26)22-18/h2-7,10H,8-9,11H2,1H3,(H,21,22). The number of nitrogens with one attached hydrogen (secondary N) is 1. The number of sulfonamides is 1. The Morgan fingerprint density at radius 1 is 1.19 bits per heavy atom. The monoisotopic (exact) mass is 393 g/mol. The zero-order valence-electron chi connectivity index (χ0n) is 14.4. The highest BCUT2D eigenvalue weighted by atomic mass is 32.2. The van der Waals surface area contributed by atoms with Crippen LogP contribution in [0.4, 0.5) is 8.78 Å². The summed E-state index contributed by atoms with van der Waals surface area (Å²) < 4.78 is 53.0. The van der Waals surface area contributed by atoms with Gasteiger partial charge in [-0.15, -0.1) is 0 Å². The number of halogens is 2. The van der Waals surface area contributed by atoms with Gasteiger partial charge in [0, 0.05) is 37.2 Å². The van der Waals surface area contributed by atoms with E-state index in [0.29, 0.717) is 5.56 Å². The average Bonchev–Trinajstić information content (AvgIpc) is 2.88. The van der Waals surface area contributed by atoms with E-state index in [0.717, 1.165) is 12.1 Å². The molecule has 0 bridgehead atoms. The van der Waals surface area contributed by atoms with Crippen molar-refractivity contribution in [3.8, 4) is 0 Å². The second-order valence-electron chi connectivity index (χ2n) is 6.07. The molecule has 0 unspecified atom stereocenters. The third kappa shape index (κ3) is 4.13. The highest BCUT2D eigenvalue weighted by Crippen LogP contribution is 2.22. The summed E-state index contributed by atoms with van der Waals surface area (Å²) in [7, 11) is -2.11. The van der Waals surface area contributed by atoms with Gasteiger partial charge >= 0.3 is 0 Å². The molecule has 0 aromatic heterocycles. The molecular weight excluding hydrogens is 376 g/mol. The van der Waals surface area contributed by atoms with Crippen LogP contribution in [0.25, 0.3) is 0 Å². The van der Waals surface area contributed by atoms with Crippen LogP contribution >= 0.6 is 0 Å². The molecule has 9 heteroatoms. The van der Waals surface area contributed by atoms with E-state index in [1.807, 2.05) is 0 Å². The van der Waals surface area contributed by atoms with Crippen molar-refractivity contribution < 1.29 is 22.0 Å². The lowest BCUT2D eigenvalue weighted by Gasteiger charge is -2.17. The molecule has 1 amide bonds. The van der Waals surface area contributed by atoms with Gasteiger partial charge in [0.25, 0.3) is 10.0 Å². The van der Waals surface area contributed by atoms with Gasteiger partial charge in [-0.2, -0.15) is 0 Å². The Morgan fingerprint density at radius 3 is 2.67 bits per heavy atom. The first-order valence-electron chi connectivity index (χ1n) is 8.12. The van der Waals surface area contributed by atoms with Crippen LogP contribution in [0.1, 0.15) is 17.5 Å². The number of fused-ring (bicyclic) bond motifs is 1. The quantitative estimate of drug-likeness (QED) is 0.845. The molecule has 27 heavy (non-hydrogen) atoms. The first kappa shape index (κ1) is 19.0. The number of rotatable bonds is 5. The molecule has 1 aliphatic heterocycles. The van der Waals surface area contributed by atoms with Gasteiger partial charge in [-0.3, -0.25) is 14.5 Å². The highest BCUT2D eigenvalue weighted by molar-refractivity contribution is 7.90. The van der Waals surface area contributed by atoms with E-state index in [9.17, 15) is 22.0 Å². The van der Waals surface area contributed by atoms with Gasteiger partial charge in [0.2, 0.25) is 5.91 Å². The Morgan fingerprint density at radius 2 is 1.93 bits per heavy atom. The lowest BCUT2D eigenvalue weighted by atomic mass is 10.2. The number of benzene rings is 2. The molecule has 2 aromatic rings. The fraction of sp³-hybridized carbons (Fsp3) is 0.222. The minimum Gasteiger partial charge on any atom is -0.341 e. The van der Waals surface area contributed by atoms with Crippen molar-refractivity contribution in [1.29, 1.82) is 0 Å². The van der Waals surface area contributed by atoms with Crippen LogP contribution in [-0.4, -0.2) is 38.7 Å². The van der Waals surface area contributed by atoms with Gasteiger partial charge in [0.1, 0.15) is 17.5 Å². The predicted molar refractivity (Wildman–Crippen MR) is 95.6 cm³/mol. The maximum absolute atomic E-state index is 13.7. The number of hydrogen-bond donors (Lipinski definition) is 1. The second kappa shape index (κ2) is 7.43. The van der Waals surface area contributed by atoms with E-state index < -0.39 is 21.7 Å². The first-order valence-corrected chi connectivity index (χ1v) is 9.61. The second-order valence-corrected chi connectivity index (χ2v) is 7.72. The third-order valence-electron chi connectivity index (χ3n) is 4.11. The Balaban J connectivity index is 1.62. The number of carbonyl (C=O) groups excluding carboxylic acids is 1. The first-order chi connectivity index (χ1) is 12.8. The minimum absolute atomic E-state index is 0.00300. The molecule has 3 rings (SSSR count). The molecule has 0 radical (unpaired) electrons. The predicted octanol–water partition coefficient (Wildman–Crippen LogP) is 2.05. The Kier molecular flexibility index (Phi) is 5.22. The molecule has 0 saturated heterocycles. The van der Waals surface area contributed by atoms with Crippen molar-refractivity contribution in [2.24, 2.45) is 4.99 Å². The summed E-state index contributed by atoms with van der Waals surface area (Å²) in [6, 6.07) is 9.63. The molecule has 0 atom stereocenters. The van der Waals surface area contributed by atoms with E-state index >= 15 is 0 Å². The fourth-order valence-corrected chi connectivity index (χ4v) is 3.95. The molecule has 1 N–H and O–H groups in total. The SMILES string of the molecule is CN(Cc1ccc(F)cc1F)C(=O)CCN=C1NS(=O)(=O)c2ccccc21. The minimum atomic E-state index is -3.62. The number of amidine groups is 1. The number of hydrogen-bond acceptors (Lipinski definition) is 4. The van der Waals surface area contributed by atoms with Gasteiger partial charge in [-0.1, -0.05) is 18.2 Å². The normalized spacial score (nSPS) is 16.0. The van der Waals surface area contributed by atoms with Crippen LogP contribution < -0.4 is 4.72 Å². The largest absolute Gasteiger partial charge is 0.341 e. The zero-order chi connectivity index (χ0) is 19.6. The topological polar surface area (TPSA) is 78.8 Å². The van der Waals surface area contributed by atoms with Crippen LogP contribution in [0.15, 0.2) is 52.4 Å². The van der Waals surface area contributed by atoms with Crippen LogP contribution in [-0.2, 0) is 21.4 Å². The molecule has 142 valence electrons. The summed E-state index contributed by atoms with van der Waals surface area (Å²) in [5.41, 5.74) is 0.669. The zero-order valence-corrected chi connectivity index (χ0v) is 15.3. The summed E-state index contributed by atoms with van der Waals surface area (Å²) in [5.74, 6) is -1.49. The number of amides is 1. The van der Waals surface area contributed by atoms with Gasteiger partial charge in [0.15, 0.2) is 0 Å². The van der Waals surface area contributed by atoms with Crippen molar-refractivity contribution >= 4 is 21.8 Å². The lowest BCUT2D eigenvalue weighted by Crippen LogP contribution is -2.27. The number of carbonyl (C=O) groups is 1. The number of aliphatic imine (C=N–C) groups is 1. The van der Waals surface area contributed by atoms with Crippen LogP contribution in [0.3, 0.4) is 0 Å². The van der Waals surface area contributed by atoms with Crippen molar-refractivity contribution in [2.75, 3.05) is 13.6 Å². The summed E-state index contributed by atoms with van der Waals surface area (Å²) >= 11 is 0. The molecule has 0 fully saturated rings. The van der Waals surface area contributed by atoms with Crippen molar-refractivity contribution in [1.82, 2.24) is 9.62 Å². The van der Waals surface area contributed by atoms with E-state index in [-0.39, 0.29) is 41.7 Å². The molecule has 0 spiro atoms. The molecule has 2 aromatic carbocycles. The molecule has 0 aliphatic carbocycles. The molecule has 1 heterocycles. The molecule has 1 aliphatic rings. The van der Waals surface area contributed by atoms with Gasteiger partial charge < -0.3 is 4.90 Å². The van der Waals surface area contributed by atoms with Crippen LogP contribution in [0.2, 0.25) is 0 Å². The molecule has 0 saturated carbocycles. The maximum Gasteiger partial charge on any atom is 0.263 e. The average molecular weight is 393 g/mol. The van der Waals surface area contributed by atoms with Gasteiger partial charge in [-0.25, -0.2) is 17.2 Å². The van der Waals surface area contributed by atoms with Crippen LogP contribution in [0, 0.1) is 11.6 Å². The Bertz CT molecular complexity index is 1020. The maximum atomic E-state index is 13.7. The van der Waals surface area contributed by atoms with Crippen molar-refractivity contribution in [3.05, 3.63) is 65.2 Å². The van der Waals surface area contributed by atoms with Gasteiger partial charge in [0.05, 0.1) is 11.4 Å². The van der Waals surface area contributed by atoms with E-state index in [1.165, 1.54) is 24.1 Å². The number of nitrogens with zero attached hydrogens (tertiary/aromatic N) is 2. The highest BCUT2D eigenvalue weighted by Gasteiger charge is 2.30. The van der Waals surface area contributed by atoms with Crippen LogP contribution in [0.5, 0.6) is 0 Å². The smallest absolute Gasteiger partial charge is 0.263 e. The Hall–Kier alpha value is -2.81. The third-order valence-corrected chi connectivity index (χ3v) is 5.50. The van der Waals surface area contributed by atoms with E-state index in [2.05, 4.69) is 9.71 Å². The van der Waals surface area contributed by atoms with Gasteiger partial charge in [-0.05, 0) is 18.2 Å². The molecular formula is C18H17F2N3O3S. The summed E-state index contributed by atoms with van der Waals surface area (Å²) in [4.78, 5) is 17.8. The Labute approximate surface area is 155 Å². The van der Waals surface area contributed by atoms with Crippen molar-refractivity contribution in [3.63, 3.8) is 0 Å². The lowest BCUT2D eigenvalue weighted by molar-refractivity contribution is -0.130. The summed E-state index contributed by atoms with van der Waals surface area (Å²) in [6.07, 6.45) is 0.0205. The van der Waals surface area contributed by atoms with Crippen molar-refractivity contribution in [2.45, 2.75) is 17.9 Å². The van der Waals surface area contributed by atoms with E-state index in [4.69, 9.17) is 0 Å².